The van der Waals surface area contributed by atoms with Crippen molar-refractivity contribution in [3.63, 3.8) is 0 Å². The lowest BCUT2D eigenvalue weighted by Crippen LogP contribution is -2.12. The Morgan fingerprint density at radius 1 is 1.11 bits per heavy atom. The second-order valence-electron chi connectivity index (χ2n) is 4.62. The summed E-state index contributed by atoms with van der Waals surface area (Å²) < 4.78 is 0. The van der Waals surface area contributed by atoms with E-state index in [-0.39, 0.29) is 0 Å². The first-order valence-electron chi connectivity index (χ1n) is 6.15. The third-order valence-electron chi connectivity index (χ3n) is 3.25. The molecule has 2 rings (SSSR count). The van der Waals surface area contributed by atoms with Crippen LogP contribution in [-0.4, -0.2) is 7.05 Å². The molecule has 2 aromatic carbocycles. The summed E-state index contributed by atoms with van der Waals surface area (Å²) in [5, 5.41) is 4.05. The molecule has 1 nitrogen and oxygen atoms in total. The van der Waals surface area contributed by atoms with Crippen LogP contribution < -0.4 is 5.32 Å². The monoisotopic (exact) mass is 259 g/mol. The Hall–Kier alpha value is -1.31. The van der Waals surface area contributed by atoms with Gasteiger partial charge in [0.1, 0.15) is 0 Å². The van der Waals surface area contributed by atoms with E-state index in [4.69, 9.17) is 11.6 Å². The normalized spacial score (nSPS) is 12.4. The Bertz CT molecular complexity index is 549. The van der Waals surface area contributed by atoms with Crippen LogP contribution in [0, 0.1) is 6.92 Å². The van der Waals surface area contributed by atoms with Crippen molar-refractivity contribution in [2.45, 2.75) is 19.9 Å². The summed E-state index contributed by atoms with van der Waals surface area (Å²) in [7, 11) is 1.96. The van der Waals surface area contributed by atoms with Crippen LogP contribution >= 0.6 is 11.6 Å². The van der Waals surface area contributed by atoms with Gasteiger partial charge in [0.2, 0.25) is 0 Å². The van der Waals surface area contributed by atoms with Gasteiger partial charge in [0.25, 0.3) is 0 Å². The standard InChI is InChI=1S/C16H18ClN/c1-11-5-4-6-14(9-11)15-10-13(12(2)18-3)7-8-16(15)17/h4-10,12,18H,1-3H3. The van der Waals surface area contributed by atoms with E-state index >= 15 is 0 Å². The van der Waals surface area contributed by atoms with E-state index < -0.39 is 0 Å². The molecule has 1 N–H and O–H groups in total. The first-order chi connectivity index (χ1) is 8.61. The average Bonchev–Trinajstić information content (AvgIpc) is 2.38. The second-order valence-corrected chi connectivity index (χ2v) is 5.03. The Labute approximate surface area is 114 Å². The average molecular weight is 260 g/mol. The highest BCUT2D eigenvalue weighted by Gasteiger charge is 2.08. The van der Waals surface area contributed by atoms with Crippen molar-refractivity contribution < 1.29 is 0 Å². The smallest absolute Gasteiger partial charge is 0.0484 e. The lowest BCUT2D eigenvalue weighted by Gasteiger charge is -2.13. The fourth-order valence-corrected chi connectivity index (χ4v) is 2.24. The molecule has 2 heteroatoms. The molecule has 0 fully saturated rings. The van der Waals surface area contributed by atoms with E-state index in [2.05, 4.69) is 55.6 Å². The van der Waals surface area contributed by atoms with Gasteiger partial charge in [-0.3, -0.25) is 0 Å². The molecule has 18 heavy (non-hydrogen) atoms. The van der Waals surface area contributed by atoms with E-state index in [9.17, 15) is 0 Å². The number of halogens is 1. The molecule has 0 radical (unpaired) electrons. The zero-order valence-corrected chi connectivity index (χ0v) is 11.8. The summed E-state index contributed by atoms with van der Waals surface area (Å²) in [5.41, 5.74) is 4.76. The van der Waals surface area contributed by atoms with Gasteiger partial charge in [-0.2, -0.15) is 0 Å². The zero-order chi connectivity index (χ0) is 13.1. The highest BCUT2D eigenvalue weighted by Crippen LogP contribution is 2.31. The van der Waals surface area contributed by atoms with E-state index in [0.717, 1.165) is 10.6 Å². The van der Waals surface area contributed by atoms with Crippen LogP contribution in [0.1, 0.15) is 24.1 Å². The van der Waals surface area contributed by atoms with Crippen molar-refractivity contribution in [3.8, 4) is 11.1 Å². The Kier molecular flexibility index (Phi) is 4.05. The molecule has 2 aromatic rings. The van der Waals surface area contributed by atoms with Crippen molar-refractivity contribution >= 4 is 11.6 Å². The largest absolute Gasteiger partial charge is 0.313 e. The Morgan fingerprint density at radius 2 is 1.89 bits per heavy atom. The fourth-order valence-electron chi connectivity index (χ4n) is 2.01. The number of benzene rings is 2. The maximum Gasteiger partial charge on any atom is 0.0484 e. The molecule has 0 aliphatic rings. The lowest BCUT2D eigenvalue weighted by molar-refractivity contribution is 0.652. The Balaban J connectivity index is 2.49. The second kappa shape index (κ2) is 5.55. The third kappa shape index (κ3) is 2.74. The summed E-state index contributed by atoms with van der Waals surface area (Å²) in [4.78, 5) is 0. The first-order valence-corrected chi connectivity index (χ1v) is 6.53. The number of nitrogens with one attached hydrogen (secondary N) is 1. The number of aryl methyl sites for hydroxylation is 1. The minimum Gasteiger partial charge on any atom is -0.313 e. The van der Waals surface area contributed by atoms with Crippen molar-refractivity contribution in [1.82, 2.24) is 5.32 Å². The van der Waals surface area contributed by atoms with E-state index in [0.29, 0.717) is 6.04 Å². The molecule has 94 valence electrons. The van der Waals surface area contributed by atoms with Gasteiger partial charge in [0, 0.05) is 16.6 Å². The molecular formula is C16H18ClN. The molecule has 1 atom stereocenters. The molecule has 0 bridgehead atoms. The van der Waals surface area contributed by atoms with Crippen LogP contribution in [0.2, 0.25) is 5.02 Å². The van der Waals surface area contributed by atoms with Gasteiger partial charge in [0.15, 0.2) is 0 Å². The summed E-state index contributed by atoms with van der Waals surface area (Å²) >= 11 is 6.31. The summed E-state index contributed by atoms with van der Waals surface area (Å²) in [6.45, 7) is 4.24. The molecule has 0 spiro atoms. The van der Waals surface area contributed by atoms with Crippen LogP contribution in [-0.2, 0) is 0 Å². The van der Waals surface area contributed by atoms with Crippen molar-refractivity contribution in [1.29, 1.82) is 0 Å². The summed E-state index contributed by atoms with van der Waals surface area (Å²) in [5.74, 6) is 0. The van der Waals surface area contributed by atoms with E-state index in [1.54, 1.807) is 0 Å². The maximum absolute atomic E-state index is 6.31. The Morgan fingerprint density at radius 3 is 2.56 bits per heavy atom. The van der Waals surface area contributed by atoms with Crippen molar-refractivity contribution in [2.24, 2.45) is 0 Å². The minimum absolute atomic E-state index is 0.325. The maximum atomic E-state index is 6.31. The topological polar surface area (TPSA) is 12.0 Å². The van der Waals surface area contributed by atoms with Crippen LogP contribution in [0.3, 0.4) is 0 Å². The first kappa shape index (κ1) is 13.1. The predicted molar refractivity (Wildman–Crippen MR) is 79.1 cm³/mol. The van der Waals surface area contributed by atoms with Crippen LogP contribution in [0.25, 0.3) is 11.1 Å². The number of rotatable bonds is 3. The van der Waals surface area contributed by atoms with Gasteiger partial charge in [-0.1, -0.05) is 47.5 Å². The molecule has 0 saturated heterocycles. The molecule has 0 heterocycles. The van der Waals surface area contributed by atoms with Crippen LogP contribution in [0.5, 0.6) is 0 Å². The molecule has 0 saturated carbocycles. The third-order valence-corrected chi connectivity index (χ3v) is 3.58. The number of hydrogen-bond acceptors (Lipinski definition) is 1. The molecule has 0 aromatic heterocycles. The van der Waals surface area contributed by atoms with Gasteiger partial charge in [-0.15, -0.1) is 0 Å². The van der Waals surface area contributed by atoms with Gasteiger partial charge < -0.3 is 5.32 Å². The molecule has 0 aliphatic carbocycles. The minimum atomic E-state index is 0.325. The van der Waals surface area contributed by atoms with Gasteiger partial charge in [-0.25, -0.2) is 0 Å². The lowest BCUT2D eigenvalue weighted by atomic mass is 9.99. The van der Waals surface area contributed by atoms with E-state index in [1.165, 1.54) is 16.7 Å². The molecule has 0 amide bonds. The van der Waals surface area contributed by atoms with Gasteiger partial charge in [-0.05, 0) is 44.2 Å². The molecular weight excluding hydrogens is 242 g/mol. The SMILES string of the molecule is CNC(C)c1ccc(Cl)c(-c2cccc(C)c2)c1. The highest BCUT2D eigenvalue weighted by molar-refractivity contribution is 6.33. The van der Waals surface area contributed by atoms with Gasteiger partial charge in [0.05, 0.1) is 0 Å². The zero-order valence-electron chi connectivity index (χ0n) is 11.0. The predicted octanol–water partition coefficient (Wildman–Crippen LogP) is 4.60. The van der Waals surface area contributed by atoms with Crippen LogP contribution in [0.15, 0.2) is 42.5 Å². The van der Waals surface area contributed by atoms with Crippen molar-refractivity contribution in [3.05, 3.63) is 58.6 Å². The van der Waals surface area contributed by atoms with E-state index in [1.807, 2.05) is 13.1 Å². The quantitative estimate of drug-likeness (QED) is 0.850. The molecule has 0 aliphatic heterocycles. The van der Waals surface area contributed by atoms with Crippen molar-refractivity contribution in [2.75, 3.05) is 7.05 Å². The number of hydrogen-bond donors (Lipinski definition) is 1. The fraction of sp³-hybridized carbons (Fsp3) is 0.250. The summed E-state index contributed by atoms with van der Waals surface area (Å²) in [6.07, 6.45) is 0. The molecule has 1 unspecified atom stereocenters. The van der Waals surface area contributed by atoms with Gasteiger partial charge >= 0.3 is 0 Å². The highest BCUT2D eigenvalue weighted by atomic mass is 35.5. The van der Waals surface area contributed by atoms with Crippen LogP contribution in [0.4, 0.5) is 0 Å². The summed E-state index contributed by atoms with van der Waals surface area (Å²) in [6, 6.07) is 15.0.